The molecule has 2 heterocycles. The summed E-state index contributed by atoms with van der Waals surface area (Å²) in [6.07, 6.45) is 3.81. The molecule has 0 spiro atoms. The Balaban J connectivity index is 0.00000161. The van der Waals surface area contributed by atoms with Crippen molar-refractivity contribution in [1.82, 2.24) is 4.98 Å². The Kier molecular flexibility index (Phi) is 4.62. The summed E-state index contributed by atoms with van der Waals surface area (Å²) >= 11 is 0. The maximum atomic E-state index is 12.1. The third-order valence-electron chi connectivity index (χ3n) is 3.32. The second kappa shape index (κ2) is 6.26. The van der Waals surface area contributed by atoms with Crippen LogP contribution >= 0.6 is 0 Å². The number of fused-ring (bicyclic) bond motifs is 1. The zero-order valence-corrected chi connectivity index (χ0v) is 13.9. The minimum Gasteiger partial charge on any atom is -1.00 e. The fourth-order valence-electron chi connectivity index (χ4n) is 2.25. The summed E-state index contributed by atoms with van der Waals surface area (Å²) in [5, 5.41) is 1.62. The molecule has 0 aliphatic rings. The number of hydrogen-bond acceptors (Lipinski definition) is 2. The van der Waals surface area contributed by atoms with Crippen LogP contribution in [0.5, 0.6) is 5.75 Å². The highest BCUT2D eigenvalue weighted by atomic mass is 127. The summed E-state index contributed by atoms with van der Waals surface area (Å²) in [6, 6.07) is 11.4. The molecule has 2 aromatic heterocycles. The third-order valence-corrected chi connectivity index (χ3v) is 3.32. The molecule has 0 bridgehead atoms. The van der Waals surface area contributed by atoms with Gasteiger partial charge in [0, 0.05) is 11.8 Å². The zero-order valence-electron chi connectivity index (χ0n) is 11.8. The van der Waals surface area contributed by atoms with Gasteiger partial charge in [-0.15, -0.1) is 0 Å². The molecule has 3 aromatic rings. The molecule has 0 saturated carbocycles. The van der Waals surface area contributed by atoms with Gasteiger partial charge in [0.05, 0.1) is 17.9 Å². The van der Waals surface area contributed by atoms with Crippen LogP contribution < -0.4 is 38.8 Å². The predicted molar refractivity (Wildman–Crippen MR) is 77.7 cm³/mol. The lowest BCUT2D eigenvalue weighted by Gasteiger charge is -2.05. The molecule has 5 heteroatoms. The number of ether oxygens (including phenoxy) is 1. The van der Waals surface area contributed by atoms with Crippen LogP contribution in [0.2, 0.25) is 0 Å². The first-order chi connectivity index (χ1) is 9.67. The van der Waals surface area contributed by atoms with Gasteiger partial charge < -0.3 is 33.7 Å². The van der Waals surface area contributed by atoms with Gasteiger partial charge in [-0.2, -0.15) is 0 Å². The van der Waals surface area contributed by atoms with Crippen LogP contribution in [-0.4, -0.2) is 12.1 Å². The SMILES string of the molecule is COc1ccc(-c2cc3c[n+](C)ccc3c(=O)[nH]2)cc1.[I-]. The Hall–Kier alpha value is -1.89. The van der Waals surface area contributed by atoms with Gasteiger partial charge in [0.1, 0.15) is 12.8 Å². The molecule has 0 aliphatic heterocycles. The number of hydrogen-bond donors (Lipinski definition) is 1. The topological polar surface area (TPSA) is 46.0 Å². The molecule has 1 aromatic carbocycles. The van der Waals surface area contributed by atoms with E-state index in [0.29, 0.717) is 5.39 Å². The summed E-state index contributed by atoms with van der Waals surface area (Å²) in [7, 11) is 3.57. The average molecular weight is 394 g/mol. The molecule has 1 N–H and O–H groups in total. The Morgan fingerprint density at radius 1 is 1.14 bits per heavy atom. The molecule has 4 nitrogen and oxygen atoms in total. The average Bonchev–Trinajstić information content (AvgIpc) is 2.46. The van der Waals surface area contributed by atoms with Crippen molar-refractivity contribution >= 4 is 10.8 Å². The highest BCUT2D eigenvalue weighted by Gasteiger charge is 2.07. The van der Waals surface area contributed by atoms with Crippen molar-refractivity contribution in [1.29, 1.82) is 0 Å². The lowest BCUT2D eigenvalue weighted by Crippen LogP contribution is -3.00. The van der Waals surface area contributed by atoms with Gasteiger partial charge >= 0.3 is 0 Å². The molecule has 0 fully saturated rings. The molecule has 0 aliphatic carbocycles. The number of nitrogens with zero attached hydrogens (tertiary/aromatic N) is 1. The number of pyridine rings is 2. The Bertz CT molecular complexity index is 826. The lowest BCUT2D eigenvalue weighted by atomic mass is 10.1. The van der Waals surface area contributed by atoms with Gasteiger partial charge in [-0.25, -0.2) is 4.57 Å². The summed E-state index contributed by atoms with van der Waals surface area (Å²) in [5.74, 6) is 0.795. The van der Waals surface area contributed by atoms with Gasteiger partial charge in [-0.3, -0.25) is 4.79 Å². The van der Waals surface area contributed by atoms with E-state index in [4.69, 9.17) is 4.74 Å². The molecule has 0 saturated heterocycles. The first-order valence-electron chi connectivity index (χ1n) is 6.34. The smallest absolute Gasteiger partial charge is 0.256 e. The standard InChI is InChI=1S/C16H14N2O2.HI/c1-18-8-7-14-12(10-18)9-15(17-16(14)19)11-3-5-13(20-2)6-4-11;/h3-10H,1-2H3;1H. The second-order valence-corrected chi connectivity index (χ2v) is 4.72. The number of methoxy groups -OCH3 is 1. The maximum Gasteiger partial charge on any atom is 0.256 e. The fourth-order valence-corrected chi connectivity index (χ4v) is 2.25. The van der Waals surface area contributed by atoms with Crippen LogP contribution in [0.15, 0.2) is 53.6 Å². The van der Waals surface area contributed by atoms with Crippen LogP contribution in [-0.2, 0) is 7.05 Å². The molecular formula is C16H15IN2O2. The van der Waals surface area contributed by atoms with Crippen LogP contribution in [0.3, 0.4) is 0 Å². The monoisotopic (exact) mass is 394 g/mol. The number of benzene rings is 1. The van der Waals surface area contributed by atoms with Crippen molar-refractivity contribution in [2.45, 2.75) is 0 Å². The van der Waals surface area contributed by atoms with E-state index in [9.17, 15) is 4.79 Å². The van der Waals surface area contributed by atoms with Crippen molar-refractivity contribution in [3.05, 3.63) is 59.1 Å². The number of aryl methyl sites for hydroxylation is 1. The lowest BCUT2D eigenvalue weighted by molar-refractivity contribution is -0.670. The van der Waals surface area contributed by atoms with E-state index in [-0.39, 0.29) is 29.5 Å². The van der Waals surface area contributed by atoms with Crippen molar-refractivity contribution < 1.29 is 33.3 Å². The van der Waals surface area contributed by atoms with Gasteiger partial charge in [-0.1, -0.05) is 0 Å². The van der Waals surface area contributed by atoms with Gasteiger partial charge in [-0.05, 0) is 35.9 Å². The Morgan fingerprint density at radius 3 is 2.52 bits per heavy atom. The van der Waals surface area contributed by atoms with Crippen LogP contribution in [0, 0.1) is 0 Å². The number of halogens is 1. The second-order valence-electron chi connectivity index (χ2n) is 4.72. The molecule has 0 atom stereocenters. The largest absolute Gasteiger partial charge is 1.00 e. The predicted octanol–water partition coefficient (Wildman–Crippen LogP) is -0.968. The molecule has 108 valence electrons. The minimum absolute atomic E-state index is 0. The minimum atomic E-state index is -0.0751. The van der Waals surface area contributed by atoms with Crippen molar-refractivity contribution in [2.24, 2.45) is 7.05 Å². The van der Waals surface area contributed by atoms with E-state index in [1.54, 1.807) is 7.11 Å². The van der Waals surface area contributed by atoms with Crippen LogP contribution in [0.1, 0.15) is 0 Å². The zero-order chi connectivity index (χ0) is 14.1. The quantitative estimate of drug-likeness (QED) is 0.450. The summed E-state index contributed by atoms with van der Waals surface area (Å²) < 4.78 is 7.07. The summed E-state index contributed by atoms with van der Waals surface area (Å²) in [4.78, 5) is 15.0. The van der Waals surface area contributed by atoms with E-state index in [2.05, 4.69) is 4.98 Å². The van der Waals surface area contributed by atoms with E-state index >= 15 is 0 Å². The van der Waals surface area contributed by atoms with Crippen molar-refractivity contribution in [3.8, 4) is 17.0 Å². The number of nitrogens with one attached hydrogen (secondary N) is 1. The van der Waals surface area contributed by atoms with Gasteiger partial charge in [0.2, 0.25) is 0 Å². The number of rotatable bonds is 2. The summed E-state index contributed by atoms with van der Waals surface area (Å²) in [5.41, 5.74) is 1.68. The maximum absolute atomic E-state index is 12.1. The molecular weight excluding hydrogens is 379 g/mol. The highest BCUT2D eigenvalue weighted by Crippen LogP contribution is 2.21. The highest BCUT2D eigenvalue weighted by molar-refractivity contribution is 5.83. The summed E-state index contributed by atoms with van der Waals surface area (Å²) in [6.45, 7) is 0. The normalized spacial score (nSPS) is 10.2. The number of aromatic amines is 1. The van der Waals surface area contributed by atoms with Crippen LogP contribution in [0.25, 0.3) is 22.0 Å². The van der Waals surface area contributed by atoms with E-state index < -0.39 is 0 Å². The molecule has 0 radical (unpaired) electrons. The fraction of sp³-hybridized carbons (Fsp3) is 0.125. The number of aromatic nitrogens is 2. The van der Waals surface area contributed by atoms with Gasteiger partial charge in [0.25, 0.3) is 5.56 Å². The van der Waals surface area contributed by atoms with E-state index in [0.717, 1.165) is 22.4 Å². The van der Waals surface area contributed by atoms with Crippen LogP contribution in [0.4, 0.5) is 0 Å². The molecule has 21 heavy (non-hydrogen) atoms. The van der Waals surface area contributed by atoms with Gasteiger partial charge in [0.15, 0.2) is 12.4 Å². The first kappa shape index (κ1) is 15.5. The Labute approximate surface area is 139 Å². The molecule has 3 rings (SSSR count). The Morgan fingerprint density at radius 2 is 1.86 bits per heavy atom. The molecule has 0 unspecified atom stereocenters. The van der Waals surface area contributed by atoms with E-state index in [1.165, 1.54) is 0 Å². The van der Waals surface area contributed by atoms with E-state index in [1.807, 2.05) is 60.4 Å². The number of H-pyrrole nitrogens is 1. The first-order valence-corrected chi connectivity index (χ1v) is 6.34. The third kappa shape index (κ3) is 3.07. The van der Waals surface area contributed by atoms with Crippen molar-refractivity contribution in [3.63, 3.8) is 0 Å². The molecule has 0 amide bonds. The van der Waals surface area contributed by atoms with Crippen molar-refractivity contribution in [2.75, 3.05) is 7.11 Å².